The van der Waals surface area contributed by atoms with Crippen LogP contribution in [0.1, 0.15) is 38.4 Å². The van der Waals surface area contributed by atoms with E-state index in [1.54, 1.807) is 0 Å². The Balaban J connectivity index is 1.87. The minimum Gasteiger partial charge on any atom is -0.319 e. The van der Waals surface area contributed by atoms with E-state index in [-0.39, 0.29) is 12.1 Å². The predicted octanol–water partition coefficient (Wildman–Crippen LogP) is 3.21. The molecule has 0 radical (unpaired) electrons. The van der Waals surface area contributed by atoms with Gasteiger partial charge in [-0.25, -0.2) is 0 Å². The van der Waals surface area contributed by atoms with Crippen molar-refractivity contribution in [1.82, 2.24) is 10.2 Å². The van der Waals surface area contributed by atoms with E-state index in [2.05, 4.69) is 24.1 Å². The summed E-state index contributed by atoms with van der Waals surface area (Å²) in [4.78, 5) is 14.4. The van der Waals surface area contributed by atoms with Crippen molar-refractivity contribution in [3.8, 4) is 0 Å². The standard InChI is InChI=1S/C16H21ClN2O/c1-10-3-8-14(11(10)2)19-15(20)9-18-16(19)12-4-6-13(17)7-5-12/h4-7,10-11,14,16,18H,3,8-9H2,1-2H3. The van der Waals surface area contributed by atoms with Crippen molar-refractivity contribution >= 4 is 17.5 Å². The van der Waals surface area contributed by atoms with Crippen LogP contribution in [0.2, 0.25) is 5.02 Å². The maximum absolute atomic E-state index is 12.3. The number of halogens is 1. The minimum absolute atomic E-state index is 0.00230. The smallest absolute Gasteiger partial charge is 0.238 e. The summed E-state index contributed by atoms with van der Waals surface area (Å²) in [6.45, 7) is 4.99. The molecule has 2 aliphatic rings. The van der Waals surface area contributed by atoms with Gasteiger partial charge in [-0.1, -0.05) is 37.6 Å². The van der Waals surface area contributed by atoms with Crippen molar-refractivity contribution in [2.24, 2.45) is 11.8 Å². The van der Waals surface area contributed by atoms with Gasteiger partial charge in [-0.2, -0.15) is 0 Å². The van der Waals surface area contributed by atoms with Crippen LogP contribution in [0.15, 0.2) is 24.3 Å². The highest BCUT2D eigenvalue weighted by molar-refractivity contribution is 6.30. The second kappa shape index (κ2) is 5.38. The topological polar surface area (TPSA) is 32.3 Å². The summed E-state index contributed by atoms with van der Waals surface area (Å²) < 4.78 is 0. The molecule has 1 aliphatic carbocycles. The number of carbonyl (C=O) groups is 1. The van der Waals surface area contributed by atoms with Crippen molar-refractivity contribution < 1.29 is 4.79 Å². The molecule has 1 amide bonds. The first-order valence-electron chi connectivity index (χ1n) is 7.38. The molecule has 1 aromatic rings. The molecule has 4 atom stereocenters. The van der Waals surface area contributed by atoms with E-state index in [0.29, 0.717) is 24.4 Å². The number of carbonyl (C=O) groups excluding carboxylic acids is 1. The van der Waals surface area contributed by atoms with Gasteiger partial charge in [-0.15, -0.1) is 0 Å². The van der Waals surface area contributed by atoms with Gasteiger partial charge in [0.25, 0.3) is 0 Å². The van der Waals surface area contributed by atoms with Crippen LogP contribution in [0.3, 0.4) is 0 Å². The first-order chi connectivity index (χ1) is 9.58. The van der Waals surface area contributed by atoms with Gasteiger partial charge in [-0.05, 0) is 42.4 Å². The lowest BCUT2D eigenvalue weighted by Crippen LogP contribution is -2.41. The molecule has 4 unspecified atom stereocenters. The number of nitrogens with zero attached hydrogens (tertiary/aromatic N) is 1. The summed E-state index contributed by atoms with van der Waals surface area (Å²) >= 11 is 5.95. The van der Waals surface area contributed by atoms with Gasteiger partial charge >= 0.3 is 0 Å². The zero-order valence-electron chi connectivity index (χ0n) is 12.0. The third kappa shape index (κ3) is 2.33. The Morgan fingerprint density at radius 3 is 2.50 bits per heavy atom. The van der Waals surface area contributed by atoms with E-state index in [1.807, 2.05) is 24.3 Å². The summed E-state index contributed by atoms with van der Waals surface area (Å²) in [6, 6.07) is 8.15. The predicted molar refractivity (Wildman–Crippen MR) is 80.4 cm³/mol. The molecule has 108 valence electrons. The zero-order valence-corrected chi connectivity index (χ0v) is 12.7. The average molecular weight is 293 g/mol. The largest absolute Gasteiger partial charge is 0.319 e. The number of hydrogen-bond donors (Lipinski definition) is 1. The molecule has 1 aliphatic heterocycles. The van der Waals surface area contributed by atoms with Gasteiger partial charge < -0.3 is 4.90 Å². The van der Waals surface area contributed by atoms with E-state index < -0.39 is 0 Å². The highest BCUT2D eigenvalue weighted by Gasteiger charge is 2.42. The summed E-state index contributed by atoms with van der Waals surface area (Å²) in [6.07, 6.45) is 2.32. The molecule has 0 spiro atoms. The van der Waals surface area contributed by atoms with Crippen LogP contribution in [0.5, 0.6) is 0 Å². The van der Waals surface area contributed by atoms with Crippen molar-refractivity contribution in [3.05, 3.63) is 34.9 Å². The quantitative estimate of drug-likeness (QED) is 0.908. The van der Waals surface area contributed by atoms with E-state index >= 15 is 0 Å². The van der Waals surface area contributed by atoms with Crippen molar-refractivity contribution in [3.63, 3.8) is 0 Å². The van der Waals surface area contributed by atoms with Crippen LogP contribution in [-0.2, 0) is 4.79 Å². The van der Waals surface area contributed by atoms with E-state index in [0.717, 1.165) is 17.0 Å². The number of nitrogens with one attached hydrogen (secondary N) is 1. The maximum Gasteiger partial charge on any atom is 0.238 e. The Labute approximate surface area is 125 Å². The fourth-order valence-electron chi connectivity index (χ4n) is 3.55. The molecule has 4 heteroatoms. The molecule has 1 saturated heterocycles. The molecule has 0 aromatic heterocycles. The highest BCUT2D eigenvalue weighted by Crippen LogP contribution is 2.39. The molecule has 20 heavy (non-hydrogen) atoms. The first kappa shape index (κ1) is 13.9. The average Bonchev–Trinajstić information content (AvgIpc) is 2.96. The number of benzene rings is 1. The van der Waals surface area contributed by atoms with Crippen molar-refractivity contribution in [1.29, 1.82) is 0 Å². The van der Waals surface area contributed by atoms with Gasteiger partial charge in [0.2, 0.25) is 5.91 Å². The SMILES string of the molecule is CC1CCC(N2C(=O)CNC2c2ccc(Cl)cc2)C1C. The number of hydrogen-bond acceptors (Lipinski definition) is 2. The van der Waals surface area contributed by atoms with Crippen LogP contribution >= 0.6 is 11.6 Å². The molecule has 1 heterocycles. The molecule has 2 fully saturated rings. The first-order valence-corrected chi connectivity index (χ1v) is 7.75. The molecule has 1 N–H and O–H groups in total. The van der Waals surface area contributed by atoms with Crippen LogP contribution in [0, 0.1) is 11.8 Å². The van der Waals surface area contributed by atoms with E-state index in [9.17, 15) is 4.79 Å². The third-order valence-electron chi connectivity index (χ3n) is 4.98. The maximum atomic E-state index is 12.3. The van der Waals surface area contributed by atoms with Gasteiger partial charge in [0.15, 0.2) is 0 Å². The van der Waals surface area contributed by atoms with Crippen LogP contribution < -0.4 is 5.32 Å². The lowest BCUT2D eigenvalue weighted by molar-refractivity contribution is -0.131. The van der Waals surface area contributed by atoms with Crippen LogP contribution in [0.4, 0.5) is 0 Å². The number of amides is 1. The van der Waals surface area contributed by atoms with Gasteiger partial charge in [-0.3, -0.25) is 10.1 Å². The Bertz CT molecular complexity index is 502. The summed E-state index contributed by atoms with van der Waals surface area (Å²) in [5.41, 5.74) is 1.12. The van der Waals surface area contributed by atoms with Crippen LogP contribution in [-0.4, -0.2) is 23.4 Å². The Kier molecular flexibility index (Phi) is 3.74. The molecule has 1 saturated carbocycles. The minimum atomic E-state index is -0.00230. The fourth-order valence-corrected chi connectivity index (χ4v) is 3.67. The Hall–Kier alpha value is -1.06. The van der Waals surface area contributed by atoms with Crippen LogP contribution in [0.25, 0.3) is 0 Å². The van der Waals surface area contributed by atoms with E-state index in [4.69, 9.17) is 11.6 Å². The summed E-state index contributed by atoms with van der Waals surface area (Å²) in [5.74, 6) is 1.48. The molecule has 3 rings (SSSR count). The fraction of sp³-hybridized carbons (Fsp3) is 0.562. The third-order valence-corrected chi connectivity index (χ3v) is 5.23. The zero-order chi connectivity index (χ0) is 14.3. The summed E-state index contributed by atoms with van der Waals surface area (Å²) in [5, 5.41) is 4.07. The Morgan fingerprint density at radius 1 is 1.20 bits per heavy atom. The monoisotopic (exact) mass is 292 g/mol. The molecular formula is C16H21ClN2O. The van der Waals surface area contributed by atoms with Gasteiger partial charge in [0.05, 0.1) is 6.54 Å². The molecule has 0 bridgehead atoms. The van der Waals surface area contributed by atoms with Gasteiger partial charge in [0.1, 0.15) is 6.17 Å². The Morgan fingerprint density at radius 2 is 1.90 bits per heavy atom. The summed E-state index contributed by atoms with van der Waals surface area (Å²) in [7, 11) is 0. The second-order valence-corrected chi connectivity index (χ2v) is 6.55. The van der Waals surface area contributed by atoms with Crippen molar-refractivity contribution in [2.75, 3.05) is 6.54 Å². The molecular weight excluding hydrogens is 272 g/mol. The van der Waals surface area contributed by atoms with Gasteiger partial charge in [0, 0.05) is 11.1 Å². The second-order valence-electron chi connectivity index (χ2n) is 6.12. The highest BCUT2D eigenvalue weighted by atomic mass is 35.5. The number of rotatable bonds is 2. The normalized spacial score (nSPS) is 34.0. The lowest BCUT2D eigenvalue weighted by Gasteiger charge is -2.34. The van der Waals surface area contributed by atoms with Crippen molar-refractivity contribution in [2.45, 2.75) is 38.9 Å². The lowest BCUT2D eigenvalue weighted by atomic mass is 9.96. The molecule has 1 aromatic carbocycles. The van der Waals surface area contributed by atoms with E-state index in [1.165, 1.54) is 6.42 Å². The molecule has 3 nitrogen and oxygen atoms in total.